The molecule has 0 aliphatic heterocycles. The number of nitrogens with one attached hydrogen (secondary N) is 2. The van der Waals surface area contributed by atoms with Crippen molar-refractivity contribution < 1.29 is 14.3 Å². The number of rotatable bonds is 11. The molecule has 2 aromatic carbocycles. The Bertz CT molecular complexity index is 1080. The van der Waals surface area contributed by atoms with Gasteiger partial charge in [0, 0.05) is 30.3 Å². The van der Waals surface area contributed by atoms with Crippen LogP contribution in [0.5, 0.6) is 11.5 Å². The summed E-state index contributed by atoms with van der Waals surface area (Å²) in [6.07, 6.45) is 11.3. The van der Waals surface area contributed by atoms with E-state index in [9.17, 15) is 4.79 Å². The zero-order valence-electron chi connectivity index (χ0n) is 21.5. The zero-order chi connectivity index (χ0) is 25.8. The van der Waals surface area contributed by atoms with E-state index in [2.05, 4.69) is 15.6 Å². The molecule has 7 heteroatoms. The van der Waals surface area contributed by atoms with Crippen molar-refractivity contribution in [2.75, 3.05) is 26.1 Å². The van der Waals surface area contributed by atoms with E-state index in [1.165, 1.54) is 6.42 Å². The van der Waals surface area contributed by atoms with Gasteiger partial charge < -0.3 is 25.8 Å². The Labute approximate surface area is 214 Å². The molecule has 0 atom stereocenters. The van der Waals surface area contributed by atoms with Crippen molar-refractivity contribution in [1.82, 2.24) is 5.32 Å². The van der Waals surface area contributed by atoms with Crippen LogP contribution in [-0.4, -0.2) is 32.5 Å². The molecule has 0 aromatic heterocycles. The molecule has 0 heterocycles. The van der Waals surface area contributed by atoms with Crippen LogP contribution in [0.1, 0.15) is 50.2 Å². The lowest BCUT2D eigenvalue weighted by atomic mass is 9.88. The molecule has 1 saturated carbocycles. The second-order valence-electron chi connectivity index (χ2n) is 8.83. The molecule has 2 aromatic rings. The lowest BCUT2D eigenvalue weighted by Gasteiger charge is -2.20. The van der Waals surface area contributed by atoms with Crippen LogP contribution in [0.25, 0.3) is 0 Å². The Morgan fingerprint density at radius 1 is 1.06 bits per heavy atom. The summed E-state index contributed by atoms with van der Waals surface area (Å²) in [5.74, 6) is 2.10. The van der Waals surface area contributed by atoms with E-state index in [0.29, 0.717) is 30.4 Å². The molecule has 7 nitrogen and oxygen atoms in total. The number of hydrogen-bond acceptors (Lipinski definition) is 5. The molecule has 1 fully saturated rings. The number of ether oxygens (including phenoxy) is 2. The maximum Gasteiger partial charge on any atom is 0.227 e. The van der Waals surface area contributed by atoms with Crippen LogP contribution in [0, 0.1) is 5.92 Å². The van der Waals surface area contributed by atoms with Gasteiger partial charge in [-0.2, -0.15) is 0 Å². The molecule has 1 aliphatic carbocycles. The second kappa shape index (κ2) is 14.1. The first-order valence-corrected chi connectivity index (χ1v) is 12.5. The van der Waals surface area contributed by atoms with Crippen molar-refractivity contribution in [3.63, 3.8) is 0 Å². The third-order valence-electron chi connectivity index (χ3n) is 6.30. The molecule has 0 bridgehead atoms. The number of aliphatic imine (C=N–C) groups is 1. The van der Waals surface area contributed by atoms with Gasteiger partial charge in [-0.05, 0) is 67.8 Å². The fraction of sp³-hybridized carbons (Fsp3) is 0.379. The van der Waals surface area contributed by atoms with E-state index >= 15 is 0 Å². The highest BCUT2D eigenvalue weighted by Gasteiger charge is 2.21. The minimum absolute atomic E-state index is 0.116. The molecule has 0 spiro atoms. The van der Waals surface area contributed by atoms with Gasteiger partial charge in [0.1, 0.15) is 5.84 Å². The fourth-order valence-electron chi connectivity index (χ4n) is 4.21. The van der Waals surface area contributed by atoms with Gasteiger partial charge in [-0.25, -0.2) is 4.99 Å². The Balaban J connectivity index is 1.49. The van der Waals surface area contributed by atoms with E-state index in [1.807, 2.05) is 67.6 Å². The van der Waals surface area contributed by atoms with Gasteiger partial charge in [-0.1, -0.05) is 37.5 Å². The second-order valence-corrected chi connectivity index (χ2v) is 8.83. The molecule has 36 heavy (non-hydrogen) atoms. The normalized spacial score (nSPS) is 15.2. The molecule has 4 N–H and O–H groups in total. The Morgan fingerprint density at radius 2 is 1.78 bits per heavy atom. The number of nitrogens with zero attached hydrogens (tertiary/aromatic N) is 1. The van der Waals surface area contributed by atoms with E-state index in [0.717, 1.165) is 48.2 Å². The summed E-state index contributed by atoms with van der Waals surface area (Å²) in [7, 11) is 3.26. The Kier molecular flexibility index (Phi) is 10.6. The number of methoxy groups -OCH3 is 2. The van der Waals surface area contributed by atoms with Crippen LogP contribution in [0.15, 0.2) is 71.4 Å². The molecular formula is C29H38N4O3. The average molecular weight is 491 g/mol. The Morgan fingerprint density at radius 3 is 2.44 bits per heavy atom. The number of amidine groups is 1. The summed E-state index contributed by atoms with van der Waals surface area (Å²) >= 11 is 0. The summed E-state index contributed by atoms with van der Waals surface area (Å²) in [4.78, 5) is 17.0. The number of allylic oxidation sites excluding steroid dienone is 2. The fourth-order valence-corrected chi connectivity index (χ4v) is 4.21. The SMILES string of the molecule is C/C=C(\C=C/CNCc1ccc(OC)c(OC)c1)N=C(N)c1ccc(NC(=O)C2CCCCC2)cc1. The number of benzene rings is 2. The first-order chi connectivity index (χ1) is 17.5. The van der Waals surface area contributed by atoms with Gasteiger partial charge in [-0.3, -0.25) is 4.79 Å². The smallest absolute Gasteiger partial charge is 0.227 e. The predicted molar refractivity (Wildman–Crippen MR) is 147 cm³/mol. The van der Waals surface area contributed by atoms with Gasteiger partial charge in [0.25, 0.3) is 0 Å². The molecule has 192 valence electrons. The van der Waals surface area contributed by atoms with Crippen molar-refractivity contribution in [1.29, 1.82) is 0 Å². The van der Waals surface area contributed by atoms with Crippen LogP contribution >= 0.6 is 0 Å². The first kappa shape index (κ1) is 27.0. The van der Waals surface area contributed by atoms with Crippen LogP contribution in [0.2, 0.25) is 0 Å². The van der Waals surface area contributed by atoms with Crippen LogP contribution < -0.4 is 25.8 Å². The lowest BCUT2D eigenvalue weighted by Crippen LogP contribution is -2.24. The maximum atomic E-state index is 12.5. The molecule has 0 unspecified atom stereocenters. The average Bonchev–Trinajstić information content (AvgIpc) is 2.92. The zero-order valence-corrected chi connectivity index (χ0v) is 21.5. The molecule has 1 amide bonds. The molecule has 0 radical (unpaired) electrons. The van der Waals surface area contributed by atoms with Crippen LogP contribution in [-0.2, 0) is 11.3 Å². The summed E-state index contributed by atoms with van der Waals surface area (Å²) in [6.45, 7) is 3.30. The van der Waals surface area contributed by atoms with Gasteiger partial charge in [0.05, 0.1) is 19.9 Å². The van der Waals surface area contributed by atoms with Crippen molar-refractivity contribution in [3.8, 4) is 11.5 Å². The van der Waals surface area contributed by atoms with Crippen molar-refractivity contribution in [2.45, 2.75) is 45.6 Å². The van der Waals surface area contributed by atoms with Gasteiger partial charge in [-0.15, -0.1) is 0 Å². The number of carbonyl (C=O) groups excluding carboxylic acids is 1. The third-order valence-corrected chi connectivity index (χ3v) is 6.30. The third kappa shape index (κ3) is 7.99. The number of carbonyl (C=O) groups is 1. The van der Waals surface area contributed by atoms with Crippen molar-refractivity contribution in [2.24, 2.45) is 16.6 Å². The van der Waals surface area contributed by atoms with Gasteiger partial charge >= 0.3 is 0 Å². The minimum atomic E-state index is 0.116. The van der Waals surface area contributed by atoms with E-state index < -0.39 is 0 Å². The van der Waals surface area contributed by atoms with Crippen molar-refractivity contribution in [3.05, 3.63) is 77.5 Å². The van der Waals surface area contributed by atoms with E-state index in [1.54, 1.807) is 14.2 Å². The number of nitrogens with two attached hydrogens (primary N) is 1. The summed E-state index contributed by atoms with van der Waals surface area (Å²) in [5, 5.41) is 6.41. The first-order valence-electron chi connectivity index (χ1n) is 12.5. The van der Waals surface area contributed by atoms with Gasteiger partial charge in [0.2, 0.25) is 5.91 Å². The number of hydrogen-bond donors (Lipinski definition) is 3. The number of amides is 1. The monoisotopic (exact) mass is 490 g/mol. The summed E-state index contributed by atoms with van der Waals surface area (Å²) < 4.78 is 10.6. The molecule has 0 saturated heterocycles. The predicted octanol–water partition coefficient (Wildman–Crippen LogP) is 5.18. The molecular weight excluding hydrogens is 452 g/mol. The van der Waals surface area contributed by atoms with Crippen LogP contribution in [0.3, 0.4) is 0 Å². The standard InChI is InChI=1S/C29H38N4O3/c1-4-24(11-8-18-31-20-21-12-17-26(35-2)27(19-21)36-3)32-28(30)22-13-15-25(16-14-22)33-29(34)23-9-6-5-7-10-23/h4,8,11-17,19,23,31H,5-7,9-10,18,20H2,1-3H3,(H2,30,32)(H,33,34)/b11-8-,24-4+. The quantitative estimate of drug-likeness (QED) is 0.175. The van der Waals surface area contributed by atoms with E-state index in [-0.39, 0.29) is 11.8 Å². The van der Waals surface area contributed by atoms with Crippen molar-refractivity contribution >= 4 is 17.4 Å². The van der Waals surface area contributed by atoms with Gasteiger partial charge in [0.15, 0.2) is 11.5 Å². The highest BCUT2D eigenvalue weighted by Crippen LogP contribution is 2.27. The highest BCUT2D eigenvalue weighted by atomic mass is 16.5. The lowest BCUT2D eigenvalue weighted by molar-refractivity contribution is -0.120. The largest absolute Gasteiger partial charge is 0.493 e. The maximum absolute atomic E-state index is 12.5. The minimum Gasteiger partial charge on any atom is -0.493 e. The molecule has 3 rings (SSSR count). The van der Waals surface area contributed by atoms with Crippen LogP contribution in [0.4, 0.5) is 5.69 Å². The highest BCUT2D eigenvalue weighted by molar-refractivity contribution is 5.99. The molecule has 1 aliphatic rings. The number of anilines is 1. The Hall–Kier alpha value is -3.58. The summed E-state index contributed by atoms with van der Waals surface area (Å²) in [5.41, 5.74) is 9.72. The van der Waals surface area contributed by atoms with E-state index in [4.69, 9.17) is 15.2 Å². The topological polar surface area (TPSA) is 98.0 Å². The summed E-state index contributed by atoms with van der Waals surface area (Å²) in [6, 6.07) is 13.4.